The first kappa shape index (κ1) is 17.7. The monoisotopic (exact) mass is 325 g/mol. The zero-order valence-electron chi connectivity index (χ0n) is 11.2. The number of carboxylic acid groups (broad SMARTS) is 1. The molecule has 1 unspecified atom stereocenters. The Morgan fingerprint density at radius 3 is 2.18 bits per heavy atom. The van der Waals surface area contributed by atoms with Crippen molar-refractivity contribution in [2.45, 2.75) is 25.9 Å². The van der Waals surface area contributed by atoms with E-state index in [0.717, 1.165) is 0 Å². The topological polar surface area (TPSA) is 85.7 Å². The van der Waals surface area contributed by atoms with Crippen LogP contribution in [0.15, 0.2) is 0 Å². The fourth-order valence-corrected chi connectivity index (χ4v) is 1.43. The summed E-state index contributed by atoms with van der Waals surface area (Å²) >= 11 is 0. The standard InChI is InChI=1S/C12H11F4NO5/c1-2-21-12(20)5(3-4-6(18)19)22-9-7(13)10(15)17-11(16)8(9)14/h5H,2-4H2,1H3,(H,18,19). The number of pyridine rings is 1. The summed E-state index contributed by atoms with van der Waals surface area (Å²) in [5.41, 5.74) is 0. The summed E-state index contributed by atoms with van der Waals surface area (Å²) in [6, 6.07) is 0. The van der Waals surface area contributed by atoms with Gasteiger partial charge in [-0.25, -0.2) is 4.79 Å². The molecule has 0 fully saturated rings. The Hall–Kier alpha value is -2.39. The molecule has 0 aliphatic rings. The molecule has 0 amide bonds. The van der Waals surface area contributed by atoms with Crippen molar-refractivity contribution in [2.24, 2.45) is 0 Å². The summed E-state index contributed by atoms with van der Waals surface area (Å²) < 4.78 is 61.9. The average Bonchev–Trinajstić information content (AvgIpc) is 2.44. The van der Waals surface area contributed by atoms with E-state index in [2.05, 4.69) is 14.5 Å². The highest BCUT2D eigenvalue weighted by atomic mass is 19.2. The lowest BCUT2D eigenvalue weighted by atomic mass is 10.2. The molecule has 0 bridgehead atoms. The molecule has 0 aromatic carbocycles. The lowest BCUT2D eigenvalue weighted by Gasteiger charge is -2.17. The highest BCUT2D eigenvalue weighted by Crippen LogP contribution is 2.26. The number of rotatable bonds is 7. The smallest absolute Gasteiger partial charge is 0.347 e. The summed E-state index contributed by atoms with van der Waals surface area (Å²) in [6.45, 7) is 1.31. The van der Waals surface area contributed by atoms with Gasteiger partial charge in [0.1, 0.15) is 0 Å². The minimum atomic E-state index is -1.96. The fraction of sp³-hybridized carbons (Fsp3) is 0.417. The van der Waals surface area contributed by atoms with E-state index in [0.29, 0.717) is 0 Å². The minimum absolute atomic E-state index is 0.115. The largest absolute Gasteiger partial charge is 0.481 e. The van der Waals surface area contributed by atoms with Crippen LogP contribution < -0.4 is 4.74 Å². The SMILES string of the molecule is CCOC(=O)C(CCC(=O)O)Oc1c(F)c(F)nc(F)c1F. The molecule has 1 heterocycles. The Morgan fingerprint density at radius 1 is 1.18 bits per heavy atom. The summed E-state index contributed by atoms with van der Waals surface area (Å²) in [6.07, 6.45) is -2.86. The number of carbonyl (C=O) groups excluding carboxylic acids is 1. The fourth-order valence-electron chi connectivity index (χ4n) is 1.43. The molecular weight excluding hydrogens is 314 g/mol. The Labute approximate surface area is 121 Å². The molecule has 1 rings (SSSR count). The number of ether oxygens (including phenoxy) is 2. The number of halogens is 4. The zero-order chi connectivity index (χ0) is 16.9. The molecule has 0 aliphatic heterocycles. The predicted molar refractivity (Wildman–Crippen MR) is 62.0 cm³/mol. The molecule has 1 N–H and O–H groups in total. The summed E-state index contributed by atoms with van der Waals surface area (Å²) in [5.74, 6) is -11.8. The maximum atomic E-state index is 13.4. The molecule has 10 heteroatoms. The Balaban J connectivity index is 3.08. The van der Waals surface area contributed by atoms with Gasteiger partial charge >= 0.3 is 11.9 Å². The van der Waals surface area contributed by atoms with Gasteiger partial charge in [-0.3, -0.25) is 4.79 Å². The predicted octanol–water partition coefficient (Wildman–Crippen LogP) is 1.81. The number of nitrogens with zero attached hydrogens (tertiary/aromatic N) is 1. The van der Waals surface area contributed by atoms with Crippen LogP contribution in [0.5, 0.6) is 5.75 Å². The number of hydrogen-bond acceptors (Lipinski definition) is 5. The van der Waals surface area contributed by atoms with Crippen LogP contribution in [0.1, 0.15) is 19.8 Å². The van der Waals surface area contributed by atoms with Crippen molar-refractivity contribution in [1.29, 1.82) is 0 Å². The van der Waals surface area contributed by atoms with Crippen molar-refractivity contribution in [3.05, 3.63) is 23.5 Å². The van der Waals surface area contributed by atoms with Crippen molar-refractivity contribution in [1.82, 2.24) is 4.98 Å². The third kappa shape index (κ3) is 4.30. The van der Waals surface area contributed by atoms with Crippen LogP contribution in [0, 0.1) is 23.5 Å². The van der Waals surface area contributed by atoms with Crippen molar-refractivity contribution in [3.8, 4) is 5.75 Å². The Kier molecular flexibility index (Phi) is 6.08. The lowest BCUT2D eigenvalue weighted by molar-refractivity contribution is -0.152. The molecule has 6 nitrogen and oxygen atoms in total. The van der Waals surface area contributed by atoms with Crippen molar-refractivity contribution in [3.63, 3.8) is 0 Å². The van der Waals surface area contributed by atoms with Gasteiger partial charge in [-0.15, -0.1) is 0 Å². The van der Waals surface area contributed by atoms with E-state index in [9.17, 15) is 27.2 Å². The van der Waals surface area contributed by atoms with Crippen LogP contribution >= 0.6 is 0 Å². The molecule has 0 aliphatic carbocycles. The van der Waals surface area contributed by atoms with Crippen LogP contribution in [0.4, 0.5) is 17.6 Å². The zero-order valence-corrected chi connectivity index (χ0v) is 11.2. The molecule has 0 spiro atoms. The number of aromatic nitrogens is 1. The molecule has 22 heavy (non-hydrogen) atoms. The van der Waals surface area contributed by atoms with Gasteiger partial charge in [0.15, 0.2) is 6.10 Å². The van der Waals surface area contributed by atoms with Gasteiger partial charge in [-0.2, -0.15) is 22.5 Å². The molecule has 122 valence electrons. The van der Waals surface area contributed by atoms with E-state index in [1.807, 2.05) is 0 Å². The Bertz CT molecular complexity index is 555. The van der Waals surface area contributed by atoms with Crippen LogP contribution in [-0.4, -0.2) is 34.7 Å². The second kappa shape index (κ2) is 7.57. The van der Waals surface area contributed by atoms with Crippen LogP contribution in [0.2, 0.25) is 0 Å². The Morgan fingerprint density at radius 2 is 1.73 bits per heavy atom. The normalized spacial score (nSPS) is 11.9. The highest BCUT2D eigenvalue weighted by Gasteiger charge is 2.29. The summed E-state index contributed by atoms with van der Waals surface area (Å²) in [4.78, 5) is 24.4. The lowest BCUT2D eigenvalue weighted by Crippen LogP contribution is -2.31. The van der Waals surface area contributed by atoms with E-state index in [-0.39, 0.29) is 6.61 Å². The van der Waals surface area contributed by atoms with Gasteiger partial charge in [0.05, 0.1) is 6.61 Å². The maximum absolute atomic E-state index is 13.4. The third-order valence-corrected chi connectivity index (χ3v) is 2.39. The van der Waals surface area contributed by atoms with Crippen LogP contribution in [0.25, 0.3) is 0 Å². The first-order valence-electron chi connectivity index (χ1n) is 6.03. The molecule has 0 saturated heterocycles. The van der Waals surface area contributed by atoms with Gasteiger partial charge in [0, 0.05) is 12.8 Å². The second-order valence-electron chi connectivity index (χ2n) is 3.94. The first-order valence-corrected chi connectivity index (χ1v) is 6.03. The molecule has 0 saturated carbocycles. The van der Waals surface area contributed by atoms with Gasteiger partial charge in [0.25, 0.3) is 11.9 Å². The second-order valence-corrected chi connectivity index (χ2v) is 3.94. The molecule has 1 aromatic rings. The number of esters is 1. The van der Waals surface area contributed by atoms with E-state index in [4.69, 9.17) is 5.11 Å². The van der Waals surface area contributed by atoms with Crippen molar-refractivity contribution in [2.75, 3.05) is 6.61 Å². The van der Waals surface area contributed by atoms with Gasteiger partial charge in [-0.1, -0.05) is 0 Å². The molecule has 1 aromatic heterocycles. The van der Waals surface area contributed by atoms with Gasteiger partial charge in [-0.05, 0) is 6.92 Å². The number of carboxylic acids is 1. The quantitative estimate of drug-likeness (QED) is 0.467. The van der Waals surface area contributed by atoms with E-state index in [1.54, 1.807) is 0 Å². The summed E-state index contributed by atoms with van der Waals surface area (Å²) in [7, 11) is 0. The van der Waals surface area contributed by atoms with Crippen molar-refractivity contribution < 1.29 is 41.7 Å². The maximum Gasteiger partial charge on any atom is 0.347 e. The molecular formula is C12H11F4NO5. The third-order valence-electron chi connectivity index (χ3n) is 2.39. The van der Waals surface area contributed by atoms with Gasteiger partial charge < -0.3 is 14.6 Å². The van der Waals surface area contributed by atoms with Crippen LogP contribution in [0.3, 0.4) is 0 Å². The van der Waals surface area contributed by atoms with E-state index < -0.39 is 60.2 Å². The van der Waals surface area contributed by atoms with E-state index >= 15 is 0 Å². The number of aliphatic carboxylic acids is 1. The minimum Gasteiger partial charge on any atom is -0.481 e. The van der Waals surface area contributed by atoms with Gasteiger partial charge in [0.2, 0.25) is 17.4 Å². The first-order chi connectivity index (χ1) is 10.3. The molecule has 0 radical (unpaired) electrons. The summed E-state index contributed by atoms with van der Waals surface area (Å²) in [5, 5.41) is 8.55. The average molecular weight is 325 g/mol. The van der Waals surface area contributed by atoms with Crippen LogP contribution in [-0.2, 0) is 14.3 Å². The van der Waals surface area contributed by atoms with E-state index in [1.165, 1.54) is 6.92 Å². The highest BCUT2D eigenvalue weighted by molar-refractivity contribution is 5.76. The number of carbonyl (C=O) groups is 2. The number of hydrogen-bond donors (Lipinski definition) is 1. The van der Waals surface area contributed by atoms with Crippen molar-refractivity contribution >= 4 is 11.9 Å². The molecule has 1 atom stereocenters.